The molecule has 0 aromatic rings. The van der Waals surface area contributed by atoms with Crippen molar-refractivity contribution in [3.05, 3.63) is 11.8 Å². The van der Waals surface area contributed by atoms with Crippen LogP contribution in [0.15, 0.2) is 11.8 Å². The van der Waals surface area contributed by atoms with Gasteiger partial charge >= 0.3 is 6.09 Å². The number of carbonyl (C=O) groups excluding carboxylic acids is 2. The monoisotopic (exact) mass is 338 g/mol. The van der Waals surface area contributed by atoms with E-state index in [0.717, 1.165) is 17.7 Å². The zero-order valence-corrected chi connectivity index (χ0v) is 14.5. The molecule has 134 valence electrons. The van der Waals surface area contributed by atoms with Crippen molar-refractivity contribution < 1.29 is 19.1 Å². The van der Waals surface area contributed by atoms with E-state index in [9.17, 15) is 14.9 Å². The van der Waals surface area contributed by atoms with E-state index < -0.39 is 17.6 Å². The molecule has 0 bridgehead atoms. The fourth-order valence-electron chi connectivity index (χ4n) is 2.07. The van der Waals surface area contributed by atoms with Gasteiger partial charge in [-0.2, -0.15) is 5.26 Å². The highest BCUT2D eigenvalue weighted by molar-refractivity contribution is 5.97. The molecule has 1 saturated heterocycles. The highest BCUT2D eigenvalue weighted by Crippen LogP contribution is 2.12. The van der Waals surface area contributed by atoms with Gasteiger partial charge in [0.05, 0.1) is 6.10 Å². The molecule has 1 unspecified atom stereocenters. The van der Waals surface area contributed by atoms with Gasteiger partial charge in [-0.1, -0.05) is 0 Å². The van der Waals surface area contributed by atoms with E-state index in [-0.39, 0.29) is 24.8 Å². The van der Waals surface area contributed by atoms with Crippen LogP contribution in [0.3, 0.4) is 0 Å². The molecule has 24 heavy (non-hydrogen) atoms. The second kappa shape index (κ2) is 9.25. The van der Waals surface area contributed by atoms with Crippen molar-refractivity contribution in [3.8, 4) is 6.07 Å². The zero-order valence-electron chi connectivity index (χ0n) is 14.5. The maximum Gasteiger partial charge on any atom is 0.414 e. The number of nitrogens with zero attached hydrogens (tertiary/aromatic N) is 2. The number of amides is 2. The van der Waals surface area contributed by atoms with Gasteiger partial charge in [-0.15, -0.1) is 0 Å². The van der Waals surface area contributed by atoms with Crippen molar-refractivity contribution in [3.63, 3.8) is 0 Å². The number of nitrogens with two attached hydrogens (primary N) is 1. The Morgan fingerprint density at radius 3 is 2.71 bits per heavy atom. The van der Waals surface area contributed by atoms with Gasteiger partial charge in [0.1, 0.15) is 17.2 Å². The summed E-state index contributed by atoms with van der Waals surface area (Å²) in [6.07, 6.45) is 2.33. The number of hydrogen-bond donors (Lipinski definition) is 2. The molecule has 1 atom stereocenters. The van der Waals surface area contributed by atoms with Gasteiger partial charge < -0.3 is 20.5 Å². The zero-order chi connectivity index (χ0) is 18.2. The third kappa shape index (κ3) is 6.98. The van der Waals surface area contributed by atoms with E-state index in [4.69, 9.17) is 15.2 Å². The third-order valence-electron chi connectivity index (χ3n) is 3.16. The van der Waals surface area contributed by atoms with Gasteiger partial charge in [-0.05, 0) is 33.6 Å². The molecule has 0 radical (unpaired) electrons. The van der Waals surface area contributed by atoms with Crippen molar-refractivity contribution in [2.45, 2.75) is 45.3 Å². The summed E-state index contributed by atoms with van der Waals surface area (Å²) >= 11 is 0. The summed E-state index contributed by atoms with van der Waals surface area (Å²) in [5, 5.41) is 11.8. The lowest BCUT2D eigenvalue weighted by atomic mass is 10.2. The summed E-state index contributed by atoms with van der Waals surface area (Å²) in [5.41, 5.74) is 4.61. The summed E-state index contributed by atoms with van der Waals surface area (Å²) in [5.74, 6) is -0.557. The van der Waals surface area contributed by atoms with Crippen LogP contribution >= 0.6 is 0 Å². The first kappa shape index (κ1) is 19.9. The third-order valence-corrected chi connectivity index (χ3v) is 3.16. The molecule has 1 heterocycles. The van der Waals surface area contributed by atoms with Crippen LogP contribution < -0.4 is 11.1 Å². The van der Waals surface area contributed by atoms with Crippen molar-refractivity contribution in [1.29, 1.82) is 5.26 Å². The molecule has 2 amide bonds. The lowest BCUT2D eigenvalue weighted by Gasteiger charge is -2.25. The number of hydrogen-bond acceptors (Lipinski definition) is 6. The Morgan fingerprint density at radius 1 is 1.50 bits per heavy atom. The smallest absolute Gasteiger partial charge is 0.414 e. The summed E-state index contributed by atoms with van der Waals surface area (Å²) in [6.45, 7) is 6.52. The number of nitriles is 1. The topological polar surface area (TPSA) is 118 Å². The van der Waals surface area contributed by atoms with E-state index in [1.54, 1.807) is 26.8 Å². The Labute approximate surface area is 142 Å². The maximum absolute atomic E-state index is 12.1. The van der Waals surface area contributed by atoms with Gasteiger partial charge in [0.2, 0.25) is 0 Å². The van der Waals surface area contributed by atoms with Crippen LogP contribution in [-0.4, -0.2) is 54.8 Å². The second-order valence-electron chi connectivity index (χ2n) is 6.46. The molecular weight excluding hydrogens is 312 g/mol. The van der Waals surface area contributed by atoms with Crippen LogP contribution in [0.5, 0.6) is 0 Å². The second-order valence-corrected chi connectivity index (χ2v) is 6.46. The van der Waals surface area contributed by atoms with Crippen LogP contribution in [-0.2, 0) is 14.3 Å². The summed E-state index contributed by atoms with van der Waals surface area (Å²) in [4.78, 5) is 25.4. The average Bonchev–Trinajstić information content (AvgIpc) is 3.00. The highest BCUT2D eigenvalue weighted by atomic mass is 16.6. The quantitative estimate of drug-likeness (QED) is 0.548. The van der Waals surface area contributed by atoms with E-state index in [1.807, 2.05) is 0 Å². The Morgan fingerprint density at radius 2 is 2.21 bits per heavy atom. The van der Waals surface area contributed by atoms with E-state index >= 15 is 0 Å². The molecule has 1 fully saturated rings. The minimum absolute atomic E-state index is 0.0279. The van der Waals surface area contributed by atoms with Gasteiger partial charge in [0.25, 0.3) is 5.91 Å². The first-order valence-corrected chi connectivity index (χ1v) is 7.98. The molecule has 0 aromatic heterocycles. The number of rotatable bonds is 6. The van der Waals surface area contributed by atoms with Gasteiger partial charge in [-0.3, -0.25) is 9.69 Å². The maximum atomic E-state index is 12.1. The number of ether oxygens (including phenoxy) is 2. The van der Waals surface area contributed by atoms with Crippen LogP contribution in [0.1, 0.15) is 33.6 Å². The fourth-order valence-corrected chi connectivity index (χ4v) is 2.07. The molecule has 1 aliphatic heterocycles. The van der Waals surface area contributed by atoms with Gasteiger partial charge in [0.15, 0.2) is 0 Å². The minimum Gasteiger partial charge on any atom is -0.443 e. The summed E-state index contributed by atoms with van der Waals surface area (Å²) in [6, 6.07) is 1.80. The standard InChI is InChI=1S/C16H26N4O4/c1-16(2,3)24-15(22)20(7-6-17)11-12(9-18)14(21)19-10-13-5-4-8-23-13/h11,13H,4-8,10,17H2,1-3H3,(H,19,21)/b12-11-. The molecular formula is C16H26N4O4. The van der Waals surface area contributed by atoms with Crippen molar-refractivity contribution >= 4 is 12.0 Å². The molecule has 0 saturated carbocycles. The van der Waals surface area contributed by atoms with Gasteiger partial charge in [-0.25, -0.2) is 4.79 Å². The first-order chi connectivity index (χ1) is 11.3. The predicted molar refractivity (Wildman–Crippen MR) is 87.7 cm³/mol. The fraction of sp³-hybridized carbons (Fsp3) is 0.688. The van der Waals surface area contributed by atoms with E-state index in [1.165, 1.54) is 6.20 Å². The summed E-state index contributed by atoms with van der Waals surface area (Å²) < 4.78 is 10.7. The number of carbonyl (C=O) groups is 2. The molecule has 0 aromatic carbocycles. The first-order valence-electron chi connectivity index (χ1n) is 7.98. The molecule has 0 spiro atoms. The molecule has 8 nitrogen and oxygen atoms in total. The Balaban J connectivity index is 2.74. The lowest BCUT2D eigenvalue weighted by molar-refractivity contribution is -0.117. The minimum atomic E-state index is -0.688. The molecule has 1 rings (SSSR count). The lowest BCUT2D eigenvalue weighted by Crippen LogP contribution is -2.38. The van der Waals surface area contributed by atoms with Crippen LogP contribution in [0.4, 0.5) is 4.79 Å². The largest absolute Gasteiger partial charge is 0.443 e. The Kier molecular flexibility index (Phi) is 7.68. The Hall–Kier alpha value is -2.11. The summed E-state index contributed by atoms with van der Waals surface area (Å²) in [7, 11) is 0. The molecule has 3 N–H and O–H groups in total. The van der Waals surface area contributed by atoms with Crippen molar-refractivity contribution in [2.75, 3.05) is 26.2 Å². The SMILES string of the molecule is CC(C)(C)OC(=O)N(/C=C(/C#N)C(=O)NCC1CCCO1)CCN. The van der Waals surface area contributed by atoms with Crippen LogP contribution in [0.25, 0.3) is 0 Å². The average molecular weight is 338 g/mol. The van der Waals surface area contributed by atoms with Crippen molar-refractivity contribution in [1.82, 2.24) is 10.2 Å². The van der Waals surface area contributed by atoms with E-state index in [0.29, 0.717) is 13.2 Å². The molecule has 1 aliphatic rings. The predicted octanol–water partition coefficient (Wildman–Crippen LogP) is 0.885. The van der Waals surface area contributed by atoms with Crippen LogP contribution in [0.2, 0.25) is 0 Å². The van der Waals surface area contributed by atoms with Crippen molar-refractivity contribution in [2.24, 2.45) is 5.73 Å². The Bertz CT molecular complexity index is 513. The van der Waals surface area contributed by atoms with Gasteiger partial charge in [0, 0.05) is 32.4 Å². The molecule has 8 heteroatoms. The van der Waals surface area contributed by atoms with Crippen LogP contribution in [0, 0.1) is 11.3 Å². The highest BCUT2D eigenvalue weighted by Gasteiger charge is 2.23. The van der Waals surface area contributed by atoms with E-state index in [2.05, 4.69) is 5.32 Å². The normalized spacial score (nSPS) is 18.0. The number of nitrogens with one attached hydrogen (secondary N) is 1. The molecule has 0 aliphatic carbocycles.